The monoisotopic (exact) mass is 395 g/mol. The minimum absolute atomic E-state index is 0.00246. The van der Waals surface area contributed by atoms with Gasteiger partial charge >= 0.3 is 0 Å². The molecule has 140 valence electrons. The van der Waals surface area contributed by atoms with Gasteiger partial charge in [0.15, 0.2) is 5.16 Å². The minimum atomic E-state index is -0.502. The number of carbonyl (C=O) groups is 1. The average Bonchev–Trinajstić information content (AvgIpc) is 3.11. The van der Waals surface area contributed by atoms with E-state index in [1.54, 1.807) is 16.5 Å². The van der Waals surface area contributed by atoms with Gasteiger partial charge in [0.2, 0.25) is 11.7 Å². The number of fused-ring (bicyclic) bond motifs is 1. The van der Waals surface area contributed by atoms with Crippen molar-refractivity contribution in [2.45, 2.75) is 5.16 Å². The summed E-state index contributed by atoms with van der Waals surface area (Å²) < 4.78 is 15.3. The second-order valence-corrected chi connectivity index (χ2v) is 6.79. The third kappa shape index (κ3) is 3.65. The predicted octanol–water partition coefficient (Wildman–Crippen LogP) is 2.95. The molecule has 2 aromatic heterocycles. The molecule has 0 saturated heterocycles. The van der Waals surface area contributed by atoms with Crippen LogP contribution in [0.4, 0.5) is 10.1 Å². The van der Waals surface area contributed by atoms with Crippen molar-refractivity contribution >= 4 is 29.1 Å². The van der Waals surface area contributed by atoms with Gasteiger partial charge in [0.05, 0.1) is 17.1 Å². The van der Waals surface area contributed by atoms with E-state index >= 15 is 0 Å². The van der Waals surface area contributed by atoms with E-state index in [4.69, 9.17) is 0 Å². The van der Waals surface area contributed by atoms with E-state index in [-0.39, 0.29) is 28.7 Å². The Balaban J connectivity index is 1.60. The molecular formula is C19H14FN5O2S. The van der Waals surface area contributed by atoms with Crippen LogP contribution in [0.5, 0.6) is 0 Å². The highest BCUT2D eigenvalue weighted by atomic mass is 32.2. The molecule has 0 aliphatic carbocycles. The molecule has 4 rings (SSSR count). The zero-order valence-electron chi connectivity index (χ0n) is 14.4. The van der Waals surface area contributed by atoms with E-state index in [0.29, 0.717) is 10.9 Å². The SMILES string of the molecule is O=C(CSc1nnc2[nH]c(=O)cc(-c3ccccc3)n12)Nc1ccccc1F. The first-order valence-corrected chi connectivity index (χ1v) is 9.31. The van der Waals surface area contributed by atoms with Gasteiger partial charge in [-0.1, -0.05) is 54.2 Å². The highest BCUT2D eigenvalue weighted by Gasteiger charge is 2.15. The van der Waals surface area contributed by atoms with Gasteiger partial charge in [-0.05, 0) is 17.7 Å². The number of nitrogens with zero attached hydrogens (tertiary/aromatic N) is 3. The Kier molecular flexibility index (Phi) is 4.90. The number of H-pyrrole nitrogens is 1. The van der Waals surface area contributed by atoms with Crippen LogP contribution in [0.25, 0.3) is 17.0 Å². The zero-order chi connectivity index (χ0) is 19.5. The number of amides is 1. The van der Waals surface area contributed by atoms with Crippen LogP contribution in [-0.2, 0) is 4.79 Å². The molecule has 1 amide bonds. The summed E-state index contributed by atoms with van der Waals surface area (Å²) in [5.74, 6) is -0.596. The van der Waals surface area contributed by atoms with E-state index in [1.807, 2.05) is 30.3 Å². The van der Waals surface area contributed by atoms with Gasteiger partial charge in [0, 0.05) is 6.07 Å². The first-order chi connectivity index (χ1) is 13.6. The molecule has 2 aromatic carbocycles. The maximum absolute atomic E-state index is 13.7. The van der Waals surface area contributed by atoms with Gasteiger partial charge in [-0.3, -0.25) is 19.0 Å². The average molecular weight is 395 g/mol. The number of para-hydroxylation sites is 1. The molecule has 28 heavy (non-hydrogen) atoms. The molecule has 7 nitrogen and oxygen atoms in total. The van der Waals surface area contributed by atoms with Crippen LogP contribution in [-0.4, -0.2) is 31.2 Å². The quantitative estimate of drug-likeness (QED) is 0.507. The summed E-state index contributed by atoms with van der Waals surface area (Å²) in [7, 11) is 0. The summed E-state index contributed by atoms with van der Waals surface area (Å²) in [5, 5.41) is 11.0. The number of aromatic nitrogens is 4. The van der Waals surface area contributed by atoms with Crippen molar-refractivity contribution in [1.82, 2.24) is 19.6 Å². The van der Waals surface area contributed by atoms with Crippen LogP contribution in [0.1, 0.15) is 0 Å². The Bertz CT molecular complexity index is 1210. The van der Waals surface area contributed by atoms with Gasteiger partial charge in [0.25, 0.3) is 5.56 Å². The summed E-state index contributed by atoms with van der Waals surface area (Å²) >= 11 is 1.14. The highest BCUT2D eigenvalue weighted by Crippen LogP contribution is 2.24. The molecule has 9 heteroatoms. The number of aromatic amines is 1. The standard InChI is InChI=1S/C19H14FN5O2S/c20-13-8-4-5-9-14(13)21-17(27)11-28-19-24-23-18-22-16(26)10-15(25(18)19)12-6-2-1-3-7-12/h1-10H,11H2,(H,21,27)(H,22,23,26). The molecule has 0 aliphatic rings. The topological polar surface area (TPSA) is 92.2 Å². The molecule has 2 N–H and O–H groups in total. The largest absolute Gasteiger partial charge is 0.323 e. The lowest BCUT2D eigenvalue weighted by Gasteiger charge is -2.08. The summed E-state index contributed by atoms with van der Waals surface area (Å²) in [5.41, 5.74) is 1.25. The summed E-state index contributed by atoms with van der Waals surface area (Å²) in [6.45, 7) is 0. The summed E-state index contributed by atoms with van der Waals surface area (Å²) in [6, 6.07) is 16.7. The molecule has 0 atom stereocenters. The second-order valence-electron chi connectivity index (χ2n) is 5.84. The molecule has 0 radical (unpaired) electrons. The lowest BCUT2D eigenvalue weighted by Crippen LogP contribution is -2.15. The Hall–Kier alpha value is -3.46. The van der Waals surface area contributed by atoms with E-state index in [1.165, 1.54) is 18.2 Å². The number of carbonyl (C=O) groups excluding carboxylic acids is 1. The number of rotatable bonds is 5. The third-order valence-corrected chi connectivity index (χ3v) is 4.86. The molecular weight excluding hydrogens is 381 g/mol. The maximum Gasteiger partial charge on any atom is 0.252 e. The van der Waals surface area contributed by atoms with Crippen LogP contribution in [0, 0.1) is 5.82 Å². The molecule has 0 aliphatic heterocycles. The zero-order valence-corrected chi connectivity index (χ0v) is 15.2. The van der Waals surface area contributed by atoms with Crippen molar-refractivity contribution < 1.29 is 9.18 Å². The lowest BCUT2D eigenvalue weighted by molar-refractivity contribution is -0.113. The van der Waals surface area contributed by atoms with Crippen molar-refractivity contribution in [3.8, 4) is 11.3 Å². The van der Waals surface area contributed by atoms with Gasteiger partial charge in [-0.25, -0.2) is 4.39 Å². The van der Waals surface area contributed by atoms with Crippen LogP contribution in [0.3, 0.4) is 0 Å². The van der Waals surface area contributed by atoms with Gasteiger partial charge in [0.1, 0.15) is 5.82 Å². The molecule has 0 spiro atoms. The smallest absolute Gasteiger partial charge is 0.252 e. The van der Waals surface area contributed by atoms with E-state index < -0.39 is 5.82 Å². The molecule has 2 heterocycles. The second kappa shape index (κ2) is 7.65. The molecule has 0 fully saturated rings. The lowest BCUT2D eigenvalue weighted by atomic mass is 10.1. The van der Waals surface area contributed by atoms with Crippen molar-refractivity contribution in [1.29, 1.82) is 0 Å². The van der Waals surface area contributed by atoms with Gasteiger partial charge in [-0.2, -0.15) is 0 Å². The number of halogens is 1. The normalized spacial score (nSPS) is 10.9. The van der Waals surface area contributed by atoms with Crippen LogP contribution in [0.2, 0.25) is 0 Å². The number of hydrogen-bond acceptors (Lipinski definition) is 5. The number of nitrogens with one attached hydrogen (secondary N) is 2. The highest BCUT2D eigenvalue weighted by molar-refractivity contribution is 7.99. The first-order valence-electron chi connectivity index (χ1n) is 8.33. The van der Waals surface area contributed by atoms with E-state index in [0.717, 1.165) is 17.3 Å². The van der Waals surface area contributed by atoms with Crippen LogP contribution < -0.4 is 10.9 Å². The molecule has 0 unspecified atom stereocenters. The summed E-state index contributed by atoms with van der Waals surface area (Å²) in [4.78, 5) is 26.8. The van der Waals surface area contributed by atoms with Crippen molar-refractivity contribution in [3.63, 3.8) is 0 Å². The Morgan fingerprint density at radius 2 is 1.86 bits per heavy atom. The fraction of sp³-hybridized carbons (Fsp3) is 0.0526. The Labute approximate surface area is 162 Å². The Morgan fingerprint density at radius 3 is 2.64 bits per heavy atom. The molecule has 4 aromatic rings. The number of hydrogen-bond donors (Lipinski definition) is 2. The van der Waals surface area contributed by atoms with Crippen LogP contribution in [0.15, 0.2) is 70.6 Å². The van der Waals surface area contributed by atoms with Gasteiger partial charge < -0.3 is 5.32 Å². The summed E-state index contributed by atoms with van der Waals surface area (Å²) in [6.07, 6.45) is 0. The van der Waals surface area contributed by atoms with Crippen molar-refractivity contribution in [2.75, 3.05) is 11.1 Å². The van der Waals surface area contributed by atoms with Gasteiger partial charge in [-0.15, -0.1) is 10.2 Å². The fourth-order valence-corrected chi connectivity index (χ4v) is 3.44. The Morgan fingerprint density at radius 1 is 1.11 bits per heavy atom. The minimum Gasteiger partial charge on any atom is -0.323 e. The van der Waals surface area contributed by atoms with Crippen LogP contribution >= 0.6 is 11.8 Å². The number of benzene rings is 2. The molecule has 0 saturated carbocycles. The van der Waals surface area contributed by atoms with E-state index in [2.05, 4.69) is 20.5 Å². The van der Waals surface area contributed by atoms with Crippen molar-refractivity contribution in [3.05, 3.63) is 76.8 Å². The molecule has 0 bridgehead atoms. The van der Waals surface area contributed by atoms with E-state index in [9.17, 15) is 14.0 Å². The number of thioether (sulfide) groups is 1. The fourth-order valence-electron chi connectivity index (χ4n) is 2.70. The predicted molar refractivity (Wildman–Crippen MR) is 105 cm³/mol. The number of anilines is 1. The maximum atomic E-state index is 13.7. The van der Waals surface area contributed by atoms with Crippen molar-refractivity contribution in [2.24, 2.45) is 0 Å². The first kappa shape index (κ1) is 17.9. The third-order valence-electron chi connectivity index (χ3n) is 3.93.